The van der Waals surface area contributed by atoms with Crippen LogP contribution in [-0.4, -0.2) is 43.8 Å². The van der Waals surface area contributed by atoms with Gasteiger partial charge in [0.2, 0.25) is 0 Å². The Balaban J connectivity index is 1.37. The lowest BCUT2D eigenvalue weighted by Crippen LogP contribution is -2.26. The first-order valence-corrected chi connectivity index (χ1v) is 11.8. The molecule has 35 heavy (non-hydrogen) atoms. The predicted octanol–water partition coefficient (Wildman–Crippen LogP) is 4.37. The first kappa shape index (κ1) is 22.9. The summed E-state index contributed by atoms with van der Waals surface area (Å²) >= 11 is 7.46. The molecule has 11 heteroatoms. The molecule has 0 radical (unpaired) electrons. The fourth-order valence-corrected chi connectivity index (χ4v) is 4.95. The SMILES string of the molecule is COc1cnc(Cl)cc1-c1cc(C)ncc1C(=O)Nc1nc2c(s1)CN(C(=O)c1ccccn1)C2. The van der Waals surface area contributed by atoms with Crippen LogP contribution >= 0.6 is 22.9 Å². The third-order valence-corrected chi connectivity index (χ3v) is 6.68. The zero-order chi connectivity index (χ0) is 24.5. The van der Waals surface area contributed by atoms with E-state index in [0.717, 1.165) is 16.3 Å². The van der Waals surface area contributed by atoms with Gasteiger partial charge in [-0.05, 0) is 31.2 Å². The van der Waals surface area contributed by atoms with Crippen molar-refractivity contribution in [3.8, 4) is 16.9 Å². The van der Waals surface area contributed by atoms with Gasteiger partial charge in [-0.3, -0.25) is 24.9 Å². The van der Waals surface area contributed by atoms with Crippen molar-refractivity contribution in [2.75, 3.05) is 12.4 Å². The van der Waals surface area contributed by atoms with Crippen molar-refractivity contribution >= 4 is 39.9 Å². The normalized spacial score (nSPS) is 12.4. The second kappa shape index (κ2) is 9.40. The van der Waals surface area contributed by atoms with Crippen molar-refractivity contribution < 1.29 is 14.3 Å². The summed E-state index contributed by atoms with van der Waals surface area (Å²) in [6.45, 7) is 2.62. The number of halogens is 1. The maximum atomic E-state index is 13.2. The molecule has 0 atom stereocenters. The second-order valence-corrected chi connectivity index (χ2v) is 9.27. The Morgan fingerprint density at radius 2 is 1.97 bits per heavy atom. The standard InChI is InChI=1S/C24H19ClN6O3S/c1-13-7-14(15-8-21(25)28-10-19(15)34-2)16(9-27-13)22(32)30-24-29-18-11-31(12-20(18)35-24)23(33)17-5-3-4-6-26-17/h3-10H,11-12H2,1-2H3,(H,29,30,32). The molecule has 1 aliphatic heterocycles. The summed E-state index contributed by atoms with van der Waals surface area (Å²) in [5.41, 5.74) is 3.48. The second-order valence-electron chi connectivity index (χ2n) is 7.80. The molecule has 5 heterocycles. The van der Waals surface area contributed by atoms with Crippen molar-refractivity contribution in [3.63, 3.8) is 0 Å². The molecule has 0 saturated carbocycles. The Hall–Kier alpha value is -3.89. The van der Waals surface area contributed by atoms with Crippen LogP contribution in [-0.2, 0) is 13.1 Å². The molecule has 9 nitrogen and oxygen atoms in total. The number of rotatable bonds is 5. The summed E-state index contributed by atoms with van der Waals surface area (Å²) < 4.78 is 5.43. The maximum absolute atomic E-state index is 13.2. The number of methoxy groups -OCH3 is 1. The van der Waals surface area contributed by atoms with Crippen LogP contribution in [0.2, 0.25) is 5.15 Å². The smallest absolute Gasteiger partial charge is 0.273 e. The summed E-state index contributed by atoms with van der Waals surface area (Å²) in [4.78, 5) is 45.5. The molecular weight excluding hydrogens is 488 g/mol. The molecule has 0 spiro atoms. The highest BCUT2D eigenvalue weighted by Gasteiger charge is 2.29. The summed E-state index contributed by atoms with van der Waals surface area (Å²) in [5, 5.41) is 3.60. The average Bonchev–Trinajstić information content (AvgIpc) is 3.42. The number of hydrogen-bond acceptors (Lipinski definition) is 8. The fraction of sp³-hybridized carbons (Fsp3) is 0.167. The van der Waals surface area contributed by atoms with Crippen LogP contribution in [0.1, 0.15) is 37.1 Å². The van der Waals surface area contributed by atoms with Gasteiger partial charge in [0.25, 0.3) is 11.8 Å². The summed E-state index contributed by atoms with van der Waals surface area (Å²) in [5.74, 6) is -0.0296. The van der Waals surface area contributed by atoms with Gasteiger partial charge in [0.05, 0.1) is 42.5 Å². The van der Waals surface area contributed by atoms with E-state index >= 15 is 0 Å². The van der Waals surface area contributed by atoms with Gasteiger partial charge >= 0.3 is 0 Å². The molecule has 0 bridgehead atoms. The highest BCUT2D eigenvalue weighted by atomic mass is 35.5. The number of ether oxygens (including phenoxy) is 1. The Labute approximate surface area is 209 Å². The first-order chi connectivity index (χ1) is 16.9. The third-order valence-electron chi connectivity index (χ3n) is 5.47. The summed E-state index contributed by atoms with van der Waals surface area (Å²) in [6.07, 6.45) is 4.62. The molecule has 1 N–H and O–H groups in total. The largest absolute Gasteiger partial charge is 0.494 e. The molecule has 0 saturated heterocycles. The fourth-order valence-electron chi connectivity index (χ4n) is 3.81. The number of thiazole rings is 1. The molecule has 5 rings (SSSR count). The predicted molar refractivity (Wildman–Crippen MR) is 132 cm³/mol. The number of hydrogen-bond donors (Lipinski definition) is 1. The van der Waals surface area contributed by atoms with Gasteiger partial charge in [-0.15, -0.1) is 0 Å². The van der Waals surface area contributed by atoms with Gasteiger partial charge in [0.1, 0.15) is 16.6 Å². The number of anilines is 1. The van der Waals surface area contributed by atoms with Crippen molar-refractivity contribution in [2.45, 2.75) is 20.0 Å². The van der Waals surface area contributed by atoms with Gasteiger partial charge in [0, 0.05) is 29.2 Å². The van der Waals surface area contributed by atoms with Crippen molar-refractivity contribution in [2.24, 2.45) is 0 Å². The van der Waals surface area contributed by atoms with Gasteiger partial charge < -0.3 is 9.64 Å². The van der Waals surface area contributed by atoms with E-state index in [2.05, 4.69) is 25.3 Å². The van der Waals surface area contributed by atoms with Gasteiger partial charge in [-0.25, -0.2) is 9.97 Å². The number of aromatic nitrogens is 4. The lowest BCUT2D eigenvalue weighted by Gasteiger charge is -2.15. The average molecular weight is 507 g/mol. The zero-order valence-corrected chi connectivity index (χ0v) is 20.4. The van der Waals surface area contributed by atoms with E-state index in [-0.39, 0.29) is 17.0 Å². The number of fused-ring (bicyclic) bond motifs is 1. The first-order valence-electron chi connectivity index (χ1n) is 10.6. The Morgan fingerprint density at radius 3 is 2.71 bits per heavy atom. The van der Waals surface area contributed by atoms with Gasteiger partial charge in [0.15, 0.2) is 5.13 Å². The number of nitrogens with zero attached hydrogens (tertiary/aromatic N) is 5. The topological polar surface area (TPSA) is 110 Å². The van der Waals surface area contributed by atoms with Gasteiger partial charge in [-0.1, -0.05) is 29.0 Å². The minimum absolute atomic E-state index is 0.151. The number of amides is 2. The number of carbonyl (C=O) groups is 2. The molecule has 2 amide bonds. The van der Waals surface area contributed by atoms with E-state index in [1.54, 1.807) is 41.4 Å². The van der Waals surface area contributed by atoms with Crippen LogP contribution in [0.15, 0.2) is 48.9 Å². The molecule has 0 fully saturated rings. The molecule has 4 aromatic rings. The van der Waals surface area contributed by atoms with E-state index in [4.69, 9.17) is 16.3 Å². The molecule has 0 unspecified atom stereocenters. The van der Waals surface area contributed by atoms with E-state index in [9.17, 15) is 9.59 Å². The highest BCUT2D eigenvalue weighted by molar-refractivity contribution is 7.16. The number of nitrogens with one attached hydrogen (secondary N) is 1. The summed E-state index contributed by atoms with van der Waals surface area (Å²) in [6, 6.07) is 8.68. The van der Waals surface area contributed by atoms with Crippen molar-refractivity contribution in [1.29, 1.82) is 0 Å². The Morgan fingerprint density at radius 1 is 1.11 bits per heavy atom. The molecular formula is C24H19ClN6O3S. The van der Waals surface area contributed by atoms with Crippen LogP contribution in [0, 0.1) is 6.92 Å². The lowest BCUT2D eigenvalue weighted by atomic mass is 10.0. The van der Waals surface area contributed by atoms with Crippen LogP contribution in [0.5, 0.6) is 5.75 Å². The Bertz CT molecular complexity index is 1420. The number of aryl methyl sites for hydroxylation is 1. The number of carbonyl (C=O) groups excluding carboxylic acids is 2. The zero-order valence-electron chi connectivity index (χ0n) is 18.8. The van der Waals surface area contributed by atoms with E-state index in [1.165, 1.54) is 30.8 Å². The monoisotopic (exact) mass is 506 g/mol. The minimum atomic E-state index is -0.365. The number of pyridine rings is 3. The molecule has 176 valence electrons. The van der Waals surface area contributed by atoms with E-state index in [1.807, 2.05) is 6.92 Å². The highest BCUT2D eigenvalue weighted by Crippen LogP contribution is 2.35. The van der Waals surface area contributed by atoms with Crippen molar-refractivity contribution in [1.82, 2.24) is 24.8 Å². The Kier molecular flexibility index (Phi) is 6.14. The molecule has 1 aliphatic rings. The lowest BCUT2D eigenvalue weighted by molar-refractivity contribution is 0.0744. The molecule has 0 aliphatic carbocycles. The summed E-state index contributed by atoms with van der Waals surface area (Å²) in [7, 11) is 1.53. The molecule has 0 aromatic carbocycles. The van der Waals surface area contributed by atoms with Crippen LogP contribution in [0.3, 0.4) is 0 Å². The van der Waals surface area contributed by atoms with Crippen LogP contribution in [0.4, 0.5) is 5.13 Å². The third kappa shape index (κ3) is 4.58. The van der Waals surface area contributed by atoms with Crippen LogP contribution in [0.25, 0.3) is 11.1 Å². The van der Waals surface area contributed by atoms with E-state index < -0.39 is 0 Å². The van der Waals surface area contributed by atoms with Crippen LogP contribution < -0.4 is 10.1 Å². The van der Waals surface area contributed by atoms with E-state index in [0.29, 0.717) is 46.4 Å². The molecule has 4 aromatic heterocycles. The minimum Gasteiger partial charge on any atom is -0.494 e. The van der Waals surface area contributed by atoms with Crippen molar-refractivity contribution in [3.05, 3.63) is 81.6 Å². The maximum Gasteiger partial charge on any atom is 0.273 e. The quantitative estimate of drug-likeness (QED) is 0.400. The van der Waals surface area contributed by atoms with Gasteiger partial charge in [-0.2, -0.15) is 0 Å².